The summed E-state index contributed by atoms with van der Waals surface area (Å²) in [6.45, 7) is 2.78. The fourth-order valence-electron chi connectivity index (χ4n) is 2.35. The van der Waals surface area contributed by atoms with Crippen molar-refractivity contribution in [2.24, 2.45) is 0 Å². The second kappa shape index (κ2) is 7.85. The van der Waals surface area contributed by atoms with Gasteiger partial charge in [-0.2, -0.15) is 0 Å². The third-order valence-corrected chi connectivity index (χ3v) is 3.62. The number of benzene rings is 1. The van der Waals surface area contributed by atoms with E-state index in [9.17, 15) is 4.79 Å². The Morgan fingerprint density at radius 1 is 1.30 bits per heavy atom. The maximum absolute atomic E-state index is 12.1. The zero-order valence-electron chi connectivity index (χ0n) is 12.9. The molecule has 1 fully saturated rings. The lowest BCUT2D eigenvalue weighted by Crippen LogP contribution is -2.39. The fourth-order valence-corrected chi connectivity index (χ4v) is 2.35. The summed E-state index contributed by atoms with van der Waals surface area (Å²) in [4.78, 5) is 12.1. The van der Waals surface area contributed by atoms with E-state index in [1.54, 1.807) is 10.9 Å². The second-order valence-electron chi connectivity index (χ2n) is 5.38. The van der Waals surface area contributed by atoms with Crippen molar-refractivity contribution >= 4 is 5.91 Å². The molecule has 0 bridgehead atoms. The van der Waals surface area contributed by atoms with Crippen molar-refractivity contribution < 1.29 is 14.3 Å². The highest BCUT2D eigenvalue weighted by molar-refractivity contribution is 5.91. The number of carbonyl (C=O) groups excluding carboxylic acids is 1. The number of rotatable bonds is 6. The van der Waals surface area contributed by atoms with E-state index in [1.807, 2.05) is 18.2 Å². The normalized spacial score (nSPS) is 17.8. The molecular weight excluding hydrogens is 296 g/mol. The topological polar surface area (TPSA) is 78.3 Å². The molecule has 0 saturated carbocycles. The standard InChI is InChI=1S/C16H20N4O3/c21-16(17-10-14-12-22-8-9-23-14)15-11-20(19-18-15)7-6-13-4-2-1-3-5-13/h1-5,11,14H,6-10,12H2,(H,17,21). The molecule has 122 valence electrons. The number of hydrogen-bond donors (Lipinski definition) is 1. The summed E-state index contributed by atoms with van der Waals surface area (Å²) in [5, 5.41) is 10.7. The Morgan fingerprint density at radius 3 is 2.96 bits per heavy atom. The number of carbonyl (C=O) groups is 1. The summed E-state index contributed by atoms with van der Waals surface area (Å²) >= 11 is 0. The molecule has 1 unspecified atom stereocenters. The van der Waals surface area contributed by atoms with Gasteiger partial charge in [-0.25, -0.2) is 0 Å². The molecule has 1 aromatic heterocycles. The van der Waals surface area contributed by atoms with Crippen molar-refractivity contribution in [1.82, 2.24) is 20.3 Å². The van der Waals surface area contributed by atoms with Crippen LogP contribution in [0.15, 0.2) is 36.5 Å². The predicted molar refractivity (Wildman–Crippen MR) is 83.1 cm³/mol. The molecule has 0 spiro atoms. The first-order valence-electron chi connectivity index (χ1n) is 7.73. The van der Waals surface area contributed by atoms with Gasteiger partial charge in [-0.05, 0) is 12.0 Å². The van der Waals surface area contributed by atoms with Crippen molar-refractivity contribution in [3.8, 4) is 0 Å². The molecule has 23 heavy (non-hydrogen) atoms. The molecule has 7 nitrogen and oxygen atoms in total. The van der Waals surface area contributed by atoms with Crippen LogP contribution in [0, 0.1) is 0 Å². The van der Waals surface area contributed by atoms with Crippen molar-refractivity contribution in [2.45, 2.75) is 19.1 Å². The predicted octanol–water partition coefficient (Wildman–Crippen LogP) is 0.666. The number of nitrogens with zero attached hydrogens (tertiary/aromatic N) is 3. The largest absolute Gasteiger partial charge is 0.376 e. The molecule has 7 heteroatoms. The van der Waals surface area contributed by atoms with Gasteiger partial charge < -0.3 is 14.8 Å². The zero-order valence-corrected chi connectivity index (χ0v) is 12.9. The first-order valence-corrected chi connectivity index (χ1v) is 7.73. The molecule has 1 aliphatic rings. The zero-order chi connectivity index (χ0) is 15.9. The average molecular weight is 316 g/mol. The number of nitrogens with one attached hydrogen (secondary N) is 1. The van der Waals surface area contributed by atoms with Crippen LogP contribution in [0.25, 0.3) is 0 Å². The monoisotopic (exact) mass is 316 g/mol. The first kappa shape index (κ1) is 15.6. The molecule has 2 aromatic rings. The van der Waals surface area contributed by atoms with Crippen LogP contribution in [-0.2, 0) is 22.4 Å². The lowest BCUT2D eigenvalue weighted by atomic mass is 10.1. The van der Waals surface area contributed by atoms with Crippen LogP contribution in [0.5, 0.6) is 0 Å². The van der Waals surface area contributed by atoms with Crippen LogP contribution in [0.3, 0.4) is 0 Å². The van der Waals surface area contributed by atoms with Gasteiger partial charge in [0.1, 0.15) is 0 Å². The van der Waals surface area contributed by atoms with Crippen molar-refractivity contribution in [3.05, 3.63) is 47.8 Å². The molecule has 0 aliphatic carbocycles. The molecular formula is C16H20N4O3. The highest BCUT2D eigenvalue weighted by atomic mass is 16.6. The van der Waals surface area contributed by atoms with E-state index in [-0.39, 0.29) is 12.0 Å². The minimum atomic E-state index is -0.245. The number of aromatic nitrogens is 3. The Hall–Kier alpha value is -2.25. The SMILES string of the molecule is O=C(NCC1COCCO1)c1cn(CCc2ccccc2)nn1. The van der Waals surface area contributed by atoms with E-state index in [2.05, 4.69) is 27.8 Å². The Morgan fingerprint density at radius 2 is 2.17 bits per heavy atom. The Kier molecular flexibility index (Phi) is 5.33. The second-order valence-corrected chi connectivity index (χ2v) is 5.38. The van der Waals surface area contributed by atoms with Gasteiger partial charge in [-0.3, -0.25) is 9.48 Å². The van der Waals surface area contributed by atoms with Crippen LogP contribution < -0.4 is 5.32 Å². The van der Waals surface area contributed by atoms with Gasteiger partial charge in [-0.15, -0.1) is 5.10 Å². The van der Waals surface area contributed by atoms with Crippen molar-refractivity contribution in [1.29, 1.82) is 0 Å². The molecule has 1 amide bonds. The van der Waals surface area contributed by atoms with Crippen LogP contribution in [0.1, 0.15) is 16.1 Å². The van der Waals surface area contributed by atoms with Gasteiger partial charge in [0.05, 0.1) is 32.1 Å². The van der Waals surface area contributed by atoms with Crippen LogP contribution in [0.2, 0.25) is 0 Å². The maximum Gasteiger partial charge on any atom is 0.273 e. The molecule has 1 saturated heterocycles. The molecule has 3 rings (SSSR count). The Labute approximate surface area is 134 Å². The first-order chi connectivity index (χ1) is 11.3. The van der Waals surface area contributed by atoms with Gasteiger partial charge >= 0.3 is 0 Å². The maximum atomic E-state index is 12.1. The lowest BCUT2D eigenvalue weighted by Gasteiger charge is -2.22. The molecule has 2 heterocycles. The Bertz CT molecular complexity index is 623. The van der Waals surface area contributed by atoms with E-state index >= 15 is 0 Å². The van der Waals surface area contributed by atoms with Gasteiger partial charge in [0.25, 0.3) is 5.91 Å². The van der Waals surface area contributed by atoms with E-state index in [1.165, 1.54) is 5.56 Å². The number of hydrogen-bond acceptors (Lipinski definition) is 5. The third-order valence-electron chi connectivity index (χ3n) is 3.62. The molecule has 1 N–H and O–H groups in total. The highest BCUT2D eigenvalue weighted by Gasteiger charge is 2.17. The van der Waals surface area contributed by atoms with Gasteiger partial charge in [-0.1, -0.05) is 35.5 Å². The summed E-state index contributed by atoms with van der Waals surface area (Å²) in [5.74, 6) is -0.245. The highest BCUT2D eigenvalue weighted by Crippen LogP contribution is 2.03. The van der Waals surface area contributed by atoms with Crippen LogP contribution in [0.4, 0.5) is 0 Å². The summed E-state index contributed by atoms with van der Waals surface area (Å²) in [6.07, 6.45) is 2.41. The van der Waals surface area contributed by atoms with Crippen LogP contribution >= 0.6 is 0 Å². The lowest BCUT2D eigenvalue weighted by molar-refractivity contribution is -0.0855. The molecule has 1 aliphatic heterocycles. The smallest absolute Gasteiger partial charge is 0.273 e. The average Bonchev–Trinajstić information content (AvgIpc) is 3.09. The summed E-state index contributed by atoms with van der Waals surface area (Å²) in [6, 6.07) is 10.1. The minimum Gasteiger partial charge on any atom is -0.376 e. The van der Waals surface area contributed by atoms with Crippen molar-refractivity contribution in [2.75, 3.05) is 26.4 Å². The van der Waals surface area contributed by atoms with Gasteiger partial charge in [0.15, 0.2) is 5.69 Å². The third kappa shape index (κ3) is 4.61. The number of aryl methyl sites for hydroxylation is 2. The van der Waals surface area contributed by atoms with Gasteiger partial charge in [0.2, 0.25) is 0 Å². The summed E-state index contributed by atoms with van der Waals surface area (Å²) in [5.41, 5.74) is 1.54. The van der Waals surface area contributed by atoms with Crippen molar-refractivity contribution in [3.63, 3.8) is 0 Å². The summed E-state index contributed by atoms with van der Waals surface area (Å²) < 4.78 is 12.4. The van der Waals surface area contributed by atoms with E-state index in [0.29, 0.717) is 38.6 Å². The van der Waals surface area contributed by atoms with E-state index in [4.69, 9.17) is 9.47 Å². The number of ether oxygens (including phenoxy) is 2. The molecule has 1 atom stereocenters. The minimum absolute atomic E-state index is 0.0965. The Balaban J connectivity index is 1.47. The fraction of sp³-hybridized carbons (Fsp3) is 0.438. The summed E-state index contributed by atoms with van der Waals surface area (Å²) in [7, 11) is 0. The van der Waals surface area contributed by atoms with Crippen LogP contribution in [-0.4, -0.2) is 53.4 Å². The molecule has 1 aromatic carbocycles. The van der Waals surface area contributed by atoms with E-state index < -0.39 is 0 Å². The quantitative estimate of drug-likeness (QED) is 0.847. The van der Waals surface area contributed by atoms with Gasteiger partial charge in [0, 0.05) is 13.1 Å². The number of amides is 1. The van der Waals surface area contributed by atoms with E-state index in [0.717, 1.165) is 6.42 Å². The molecule has 0 radical (unpaired) electrons.